The minimum Gasteiger partial charge on any atom is -0.489 e. The number of nitrogens with zero attached hydrogens (tertiary/aromatic N) is 1. The Morgan fingerprint density at radius 2 is 1.87 bits per heavy atom. The monoisotopic (exact) mass is 425 g/mol. The Kier molecular flexibility index (Phi) is 7.60. The van der Waals surface area contributed by atoms with Crippen LogP contribution in [0.2, 0.25) is 0 Å². The molecule has 0 saturated carbocycles. The molecule has 1 fully saturated rings. The average Bonchev–Trinajstić information content (AvgIpc) is 3.15. The number of aliphatic hydroxyl groups is 1. The van der Waals surface area contributed by atoms with Crippen LogP contribution < -0.4 is 4.74 Å². The van der Waals surface area contributed by atoms with Crippen LogP contribution in [-0.4, -0.2) is 33.8 Å². The van der Waals surface area contributed by atoms with Crippen molar-refractivity contribution in [2.24, 2.45) is 0 Å². The van der Waals surface area contributed by atoms with Gasteiger partial charge in [-0.1, -0.05) is 55.8 Å². The molecule has 0 radical (unpaired) electrons. The molecule has 3 atom stereocenters. The summed E-state index contributed by atoms with van der Waals surface area (Å²) < 4.78 is 11.6. The Morgan fingerprint density at radius 3 is 2.55 bits per heavy atom. The largest absolute Gasteiger partial charge is 0.489 e. The van der Waals surface area contributed by atoms with Gasteiger partial charge >= 0.3 is 6.09 Å². The summed E-state index contributed by atoms with van der Waals surface area (Å²) in [5.41, 5.74) is 1.26. The van der Waals surface area contributed by atoms with E-state index in [-0.39, 0.29) is 18.2 Å². The molecule has 2 aromatic rings. The molecule has 0 bridgehead atoms. The maximum Gasteiger partial charge on any atom is 0.410 e. The molecule has 3 unspecified atom stereocenters. The fourth-order valence-corrected chi connectivity index (χ4v) is 4.19. The summed E-state index contributed by atoms with van der Waals surface area (Å²) in [6.07, 6.45) is 2.37. The highest BCUT2D eigenvalue weighted by atomic mass is 16.6. The molecular weight excluding hydrogens is 390 g/mol. The van der Waals surface area contributed by atoms with E-state index in [0.29, 0.717) is 12.4 Å². The van der Waals surface area contributed by atoms with Crippen molar-refractivity contribution in [3.05, 3.63) is 65.7 Å². The van der Waals surface area contributed by atoms with Gasteiger partial charge in [-0.2, -0.15) is 0 Å². The first-order chi connectivity index (χ1) is 14.8. The van der Waals surface area contributed by atoms with Crippen molar-refractivity contribution in [2.75, 3.05) is 0 Å². The molecule has 1 aliphatic heterocycles. The lowest BCUT2D eigenvalue weighted by Gasteiger charge is -2.34. The number of ether oxygens (including phenoxy) is 2. The summed E-state index contributed by atoms with van der Waals surface area (Å²) in [5.74, 6) is 0.701. The van der Waals surface area contributed by atoms with Gasteiger partial charge in [0, 0.05) is 6.04 Å². The third kappa shape index (κ3) is 6.23. The number of hydrogen-bond donors (Lipinski definition) is 1. The van der Waals surface area contributed by atoms with Crippen LogP contribution in [0.3, 0.4) is 0 Å². The predicted octanol–water partition coefficient (Wildman–Crippen LogP) is 5.87. The zero-order valence-corrected chi connectivity index (χ0v) is 19.1. The maximum absolute atomic E-state index is 13.0. The van der Waals surface area contributed by atoms with Gasteiger partial charge in [-0.3, -0.25) is 4.90 Å². The van der Waals surface area contributed by atoms with E-state index in [1.54, 1.807) is 4.90 Å². The molecule has 1 aliphatic rings. The number of carbonyl (C=O) groups excluding carboxylic acids is 1. The zero-order valence-electron chi connectivity index (χ0n) is 19.1. The third-order valence-electron chi connectivity index (χ3n) is 5.58. The highest BCUT2D eigenvalue weighted by Crippen LogP contribution is 2.36. The lowest BCUT2D eigenvalue weighted by molar-refractivity contribution is -0.00541. The van der Waals surface area contributed by atoms with Crippen LogP contribution in [-0.2, 0) is 11.3 Å². The first kappa shape index (κ1) is 23.1. The van der Waals surface area contributed by atoms with Crippen LogP contribution in [0.25, 0.3) is 0 Å². The number of carbonyl (C=O) groups is 1. The Labute approximate surface area is 186 Å². The molecular formula is C26H35NO4. The number of rotatable bonds is 7. The SMILES string of the molecule is CCCC1CCC(C(O)c2cccc(OCc3ccccc3)c2)N1C(=O)OC(C)(C)C. The highest BCUT2D eigenvalue weighted by molar-refractivity contribution is 5.69. The normalized spacial score (nSPS) is 19.8. The van der Waals surface area contributed by atoms with Gasteiger partial charge in [0.1, 0.15) is 18.0 Å². The Bertz CT molecular complexity index is 846. The van der Waals surface area contributed by atoms with Crippen LogP contribution >= 0.6 is 0 Å². The summed E-state index contributed by atoms with van der Waals surface area (Å²) in [7, 11) is 0. The van der Waals surface area contributed by atoms with E-state index in [0.717, 1.165) is 36.8 Å². The second-order valence-electron chi connectivity index (χ2n) is 9.27. The Morgan fingerprint density at radius 1 is 1.13 bits per heavy atom. The number of benzene rings is 2. The van der Waals surface area contributed by atoms with Crippen molar-refractivity contribution in [1.82, 2.24) is 4.90 Å². The minimum absolute atomic E-state index is 0.0945. The topological polar surface area (TPSA) is 59.0 Å². The van der Waals surface area contributed by atoms with Crippen molar-refractivity contribution < 1.29 is 19.4 Å². The third-order valence-corrected chi connectivity index (χ3v) is 5.58. The fraction of sp³-hybridized carbons (Fsp3) is 0.500. The van der Waals surface area contributed by atoms with Gasteiger partial charge < -0.3 is 14.6 Å². The van der Waals surface area contributed by atoms with Crippen molar-refractivity contribution >= 4 is 6.09 Å². The molecule has 168 valence electrons. The van der Waals surface area contributed by atoms with E-state index >= 15 is 0 Å². The predicted molar refractivity (Wildman–Crippen MR) is 122 cm³/mol. The summed E-state index contributed by atoms with van der Waals surface area (Å²) in [6, 6.07) is 17.3. The first-order valence-corrected chi connectivity index (χ1v) is 11.2. The van der Waals surface area contributed by atoms with Gasteiger partial charge in [0.05, 0.1) is 12.1 Å². The Balaban J connectivity index is 1.75. The van der Waals surface area contributed by atoms with Crippen LogP contribution in [0.1, 0.15) is 70.6 Å². The van der Waals surface area contributed by atoms with Gasteiger partial charge in [0.25, 0.3) is 0 Å². The lowest BCUT2D eigenvalue weighted by atomic mass is 10.00. The van der Waals surface area contributed by atoms with Gasteiger partial charge in [-0.25, -0.2) is 4.79 Å². The smallest absolute Gasteiger partial charge is 0.410 e. The van der Waals surface area contributed by atoms with E-state index in [9.17, 15) is 9.90 Å². The molecule has 0 aromatic heterocycles. The fourth-order valence-electron chi connectivity index (χ4n) is 4.19. The molecule has 1 amide bonds. The van der Waals surface area contributed by atoms with Crippen LogP contribution in [0.4, 0.5) is 4.79 Å². The summed E-state index contributed by atoms with van der Waals surface area (Å²) >= 11 is 0. The minimum atomic E-state index is -0.797. The molecule has 0 spiro atoms. The van der Waals surface area contributed by atoms with E-state index < -0.39 is 11.7 Å². The summed E-state index contributed by atoms with van der Waals surface area (Å²) in [4.78, 5) is 14.8. The molecule has 31 heavy (non-hydrogen) atoms. The van der Waals surface area contributed by atoms with E-state index in [2.05, 4.69) is 6.92 Å². The van der Waals surface area contributed by atoms with Gasteiger partial charge in [-0.15, -0.1) is 0 Å². The Hall–Kier alpha value is -2.53. The standard InChI is InChI=1S/C26H35NO4/c1-5-10-21-15-16-23(27(21)25(29)31-26(2,3)4)24(28)20-13-9-14-22(17-20)30-18-19-11-7-6-8-12-19/h6-9,11-14,17,21,23-24,28H,5,10,15-16,18H2,1-4H3. The van der Waals surface area contributed by atoms with Crippen LogP contribution in [0.5, 0.6) is 5.75 Å². The molecule has 0 aliphatic carbocycles. The van der Waals surface area contributed by atoms with Crippen LogP contribution in [0.15, 0.2) is 54.6 Å². The molecule has 5 heteroatoms. The summed E-state index contributed by atoms with van der Waals surface area (Å²) in [6.45, 7) is 8.19. The maximum atomic E-state index is 13.0. The first-order valence-electron chi connectivity index (χ1n) is 11.2. The van der Waals surface area contributed by atoms with Gasteiger partial charge in [0.2, 0.25) is 0 Å². The second kappa shape index (κ2) is 10.2. The molecule has 1 saturated heterocycles. The second-order valence-corrected chi connectivity index (χ2v) is 9.27. The average molecular weight is 426 g/mol. The molecule has 3 rings (SSSR count). The highest BCUT2D eigenvalue weighted by Gasteiger charge is 2.42. The van der Waals surface area contributed by atoms with E-state index in [1.807, 2.05) is 75.4 Å². The lowest BCUT2D eigenvalue weighted by Crippen LogP contribution is -2.46. The number of amides is 1. The van der Waals surface area contributed by atoms with E-state index in [4.69, 9.17) is 9.47 Å². The number of likely N-dealkylation sites (tertiary alicyclic amines) is 1. The zero-order chi connectivity index (χ0) is 22.4. The van der Waals surface area contributed by atoms with Crippen molar-refractivity contribution in [1.29, 1.82) is 0 Å². The van der Waals surface area contributed by atoms with Gasteiger partial charge in [-0.05, 0) is 63.3 Å². The molecule has 5 nitrogen and oxygen atoms in total. The quantitative estimate of drug-likeness (QED) is 0.603. The van der Waals surface area contributed by atoms with Crippen LogP contribution in [0, 0.1) is 0 Å². The van der Waals surface area contributed by atoms with Gasteiger partial charge in [0.15, 0.2) is 0 Å². The molecule has 1 heterocycles. The molecule has 1 N–H and O–H groups in total. The number of aliphatic hydroxyl groups excluding tert-OH is 1. The number of hydrogen-bond acceptors (Lipinski definition) is 4. The van der Waals surface area contributed by atoms with Crippen molar-refractivity contribution in [2.45, 2.75) is 83.8 Å². The van der Waals surface area contributed by atoms with Crippen molar-refractivity contribution in [3.63, 3.8) is 0 Å². The van der Waals surface area contributed by atoms with E-state index in [1.165, 1.54) is 0 Å². The van der Waals surface area contributed by atoms with Crippen molar-refractivity contribution in [3.8, 4) is 5.75 Å². The summed E-state index contributed by atoms with van der Waals surface area (Å²) in [5, 5.41) is 11.2. The molecule has 2 aromatic carbocycles.